The van der Waals surface area contributed by atoms with Gasteiger partial charge in [0.1, 0.15) is 11.2 Å². The molecule has 2 aliphatic heterocycles. The van der Waals surface area contributed by atoms with Gasteiger partial charge in [-0.05, 0) is 50.4 Å². The van der Waals surface area contributed by atoms with E-state index in [9.17, 15) is 4.79 Å². The number of para-hydroxylation sites is 1. The van der Waals surface area contributed by atoms with E-state index in [1.165, 1.54) is 12.8 Å². The maximum atomic E-state index is 13.1. The molecule has 4 rings (SSSR count). The van der Waals surface area contributed by atoms with E-state index in [1.54, 1.807) is 0 Å². The molecule has 0 aromatic heterocycles. The van der Waals surface area contributed by atoms with Gasteiger partial charge in [0.05, 0.1) is 0 Å². The number of carbonyl (C=O) groups excluding carboxylic acids is 1. The maximum absolute atomic E-state index is 13.1. The fraction of sp³-hybridized carbons (Fsp3) is 0.381. The summed E-state index contributed by atoms with van der Waals surface area (Å²) in [5.74, 6) is 1.10. The predicted molar refractivity (Wildman–Crippen MR) is 94.1 cm³/mol. The summed E-state index contributed by atoms with van der Waals surface area (Å²) in [6.07, 6.45) is 3.19. The lowest BCUT2D eigenvalue weighted by atomic mass is 9.69. The van der Waals surface area contributed by atoms with Crippen LogP contribution < -0.4 is 4.74 Å². The molecule has 124 valence electrons. The van der Waals surface area contributed by atoms with E-state index in [0.717, 1.165) is 36.4 Å². The van der Waals surface area contributed by atoms with E-state index in [4.69, 9.17) is 4.74 Å². The van der Waals surface area contributed by atoms with Crippen LogP contribution in [-0.2, 0) is 10.2 Å². The Kier molecular flexibility index (Phi) is 3.89. The molecule has 0 spiro atoms. The molecule has 0 amide bonds. The van der Waals surface area contributed by atoms with Crippen molar-refractivity contribution in [3.63, 3.8) is 0 Å². The Morgan fingerprint density at radius 1 is 1.12 bits per heavy atom. The summed E-state index contributed by atoms with van der Waals surface area (Å²) in [4.78, 5) is 15.4. The highest BCUT2D eigenvalue weighted by atomic mass is 16.5. The fourth-order valence-corrected chi connectivity index (χ4v) is 4.39. The van der Waals surface area contributed by atoms with Gasteiger partial charge >= 0.3 is 5.97 Å². The average Bonchev–Trinajstić information content (AvgIpc) is 2.89. The van der Waals surface area contributed by atoms with Crippen LogP contribution in [0.25, 0.3) is 0 Å². The first-order valence-electron chi connectivity index (χ1n) is 8.76. The molecule has 2 heterocycles. The standard InChI is InChI=1S/C21H23NO2/c1-22-13-7-8-16(15-22)14-21(17-9-3-2-4-10-17)18-11-5-6-12-19(18)24-20(21)23/h2-6,9-12,16H,7-8,13-15H2,1H3. The number of nitrogens with zero attached hydrogens (tertiary/aromatic N) is 1. The van der Waals surface area contributed by atoms with E-state index in [-0.39, 0.29) is 5.97 Å². The van der Waals surface area contributed by atoms with Crippen LogP contribution in [0.5, 0.6) is 5.75 Å². The summed E-state index contributed by atoms with van der Waals surface area (Å²) < 4.78 is 5.69. The van der Waals surface area contributed by atoms with Gasteiger partial charge in [-0.3, -0.25) is 4.79 Å². The molecule has 0 bridgehead atoms. The third kappa shape index (κ3) is 2.44. The number of esters is 1. The van der Waals surface area contributed by atoms with E-state index < -0.39 is 5.41 Å². The van der Waals surface area contributed by atoms with Crippen molar-refractivity contribution in [3.05, 3.63) is 65.7 Å². The summed E-state index contributed by atoms with van der Waals surface area (Å²) in [7, 11) is 2.17. The Bertz CT molecular complexity index is 743. The number of rotatable bonds is 3. The first-order valence-corrected chi connectivity index (χ1v) is 8.76. The Morgan fingerprint density at radius 3 is 2.67 bits per heavy atom. The number of hydrogen-bond acceptors (Lipinski definition) is 3. The van der Waals surface area contributed by atoms with Crippen LogP contribution in [0, 0.1) is 5.92 Å². The number of piperidine rings is 1. The molecule has 3 heteroatoms. The molecule has 2 unspecified atom stereocenters. The quantitative estimate of drug-likeness (QED) is 0.639. The van der Waals surface area contributed by atoms with Gasteiger partial charge in [-0.15, -0.1) is 0 Å². The zero-order chi connectivity index (χ0) is 16.6. The van der Waals surface area contributed by atoms with Crippen molar-refractivity contribution in [2.45, 2.75) is 24.7 Å². The molecule has 0 radical (unpaired) electrons. The lowest BCUT2D eigenvalue weighted by Gasteiger charge is -2.36. The van der Waals surface area contributed by atoms with Crippen molar-refractivity contribution >= 4 is 5.97 Å². The normalized spacial score (nSPS) is 26.9. The molecule has 1 fully saturated rings. The van der Waals surface area contributed by atoms with E-state index in [0.29, 0.717) is 5.92 Å². The van der Waals surface area contributed by atoms with Crippen LogP contribution in [-0.4, -0.2) is 31.0 Å². The number of benzene rings is 2. The van der Waals surface area contributed by atoms with Gasteiger partial charge in [0.25, 0.3) is 0 Å². The molecule has 2 aliphatic rings. The Balaban J connectivity index is 1.81. The third-order valence-electron chi connectivity index (χ3n) is 5.48. The molecular weight excluding hydrogens is 298 g/mol. The summed E-state index contributed by atoms with van der Waals surface area (Å²) in [6.45, 7) is 2.19. The Labute approximate surface area is 143 Å². The van der Waals surface area contributed by atoms with Crippen LogP contribution in [0.1, 0.15) is 30.4 Å². The minimum absolute atomic E-state index is 0.122. The molecule has 24 heavy (non-hydrogen) atoms. The molecule has 0 saturated carbocycles. The van der Waals surface area contributed by atoms with Gasteiger partial charge in [0.15, 0.2) is 0 Å². The monoisotopic (exact) mass is 321 g/mol. The van der Waals surface area contributed by atoms with Crippen LogP contribution in [0.3, 0.4) is 0 Å². The number of fused-ring (bicyclic) bond motifs is 1. The lowest BCUT2D eigenvalue weighted by Crippen LogP contribution is -2.41. The third-order valence-corrected chi connectivity index (χ3v) is 5.48. The maximum Gasteiger partial charge on any atom is 0.326 e. The number of hydrogen-bond donors (Lipinski definition) is 0. The van der Waals surface area contributed by atoms with Gasteiger partial charge in [-0.25, -0.2) is 0 Å². The van der Waals surface area contributed by atoms with Crippen molar-refractivity contribution in [2.75, 3.05) is 20.1 Å². The molecule has 0 N–H and O–H groups in total. The summed E-state index contributed by atoms with van der Waals surface area (Å²) in [6, 6.07) is 18.1. The lowest BCUT2D eigenvalue weighted by molar-refractivity contribution is -0.137. The molecule has 0 aliphatic carbocycles. The molecule has 1 saturated heterocycles. The summed E-state index contributed by atoms with van der Waals surface area (Å²) in [5.41, 5.74) is 1.41. The number of ether oxygens (including phenoxy) is 1. The fourth-order valence-electron chi connectivity index (χ4n) is 4.39. The number of likely N-dealkylation sites (tertiary alicyclic amines) is 1. The van der Waals surface area contributed by atoms with E-state index >= 15 is 0 Å². The second-order valence-corrected chi connectivity index (χ2v) is 7.13. The van der Waals surface area contributed by atoms with Crippen LogP contribution >= 0.6 is 0 Å². The first kappa shape index (κ1) is 15.4. The highest BCUT2D eigenvalue weighted by Gasteiger charge is 2.51. The van der Waals surface area contributed by atoms with Gasteiger partial charge in [-0.1, -0.05) is 48.5 Å². The minimum Gasteiger partial charge on any atom is -0.425 e. The molecular formula is C21H23NO2. The van der Waals surface area contributed by atoms with Crippen molar-refractivity contribution < 1.29 is 9.53 Å². The van der Waals surface area contributed by atoms with Gasteiger partial charge in [0.2, 0.25) is 0 Å². The van der Waals surface area contributed by atoms with Gasteiger partial charge in [-0.2, -0.15) is 0 Å². The zero-order valence-electron chi connectivity index (χ0n) is 14.1. The second kappa shape index (κ2) is 6.06. The molecule has 2 aromatic carbocycles. The Morgan fingerprint density at radius 2 is 1.88 bits per heavy atom. The van der Waals surface area contributed by atoms with Crippen LogP contribution in [0.2, 0.25) is 0 Å². The predicted octanol–water partition coefficient (Wildman–Crippen LogP) is 3.62. The number of carbonyl (C=O) groups is 1. The van der Waals surface area contributed by atoms with Crippen molar-refractivity contribution in [1.29, 1.82) is 0 Å². The molecule has 2 atom stereocenters. The van der Waals surface area contributed by atoms with Gasteiger partial charge in [0, 0.05) is 12.1 Å². The van der Waals surface area contributed by atoms with Crippen LogP contribution in [0.4, 0.5) is 0 Å². The highest BCUT2D eigenvalue weighted by molar-refractivity contribution is 5.94. The topological polar surface area (TPSA) is 29.5 Å². The first-order chi connectivity index (χ1) is 11.7. The van der Waals surface area contributed by atoms with E-state index in [2.05, 4.69) is 30.1 Å². The second-order valence-electron chi connectivity index (χ2n) is 7.13. The SMILES string of the molecule is CN1CCCC(CC2(c3ccccc3)C(=O)Oc3ccccc32)C1. The smallest absolute Gasteiger partial charge is 0.326 e. The van der Waals surface area contributed by atoms with E-state index in [1.807, 2.05) is 36.4 Å². The van der Waals surface area contributed by atoms with Crippen molar-refractivity contribution in [1.82, 2.24) is 4.90 Å². The zero-order valence-corrected chi connectivity index (χ0v) is 14.1. The summed E-state index contributed by atoms with van der Waals surface area (Å²) in [5, 5.41) is 0. The molecule has 3 nitrogen and oxygen atoms in total. The van der Waals surface area contributed by atoms with Crippen molar-refractivity contribution in [2.24, 2.45) is 5.92 Å². The highest BCUT2D eigenvalue weighted by Crippen LogP contribution is 2.48. The van der Waals surface area contributed by atoms with Gasteiger partial charge < -0.3 is 9.64 Å². The average molecular weight is 321 g/mol. The Hall–Kier alpha value is -2.13. The summed E-state index contributed by atoms with van der Waals surface area (Å²) >= 11 is 0. The largest absolute Gasteiger partial charge is 0.425 e. The van der Waals surface area contributed by atoms with Crippen molar-refractivity contribution in [3.8, 4) is 5.75 Å². The van der Waals surface area contributed by atoms with Crippen LogP contribution in [0.15, 0.2) is 54.6 Å². The minimum atomic E-state index is -0.666. The molecule has 2 aromatic rings.